The van der Waals surface area contributed by atoms with E-state index in [0.29, 0.717) is 5.69 Å². The van der Waals surface area contributed by atoms with Gasteiger partial charge in [0.1, 0.15) is 0 Å². The van der Waals surface area contributed by atoms with Crippen LogP contribution >= 0.6 is 0 Å². The van der Waals surface area contributed by atoms with E-state index in [1.54, 1.807) is 19.1 Å². The molecule has 4 N–H and O–H groups in total. The van der Waals surface area contributed by atoms with Crippen molar-refractivity contribution in [2.75, 3.05) is 5.32 Å². The second-order valence-corrected chi connectivity index (χ2v) is 7.50. The van der Waals surface area contributed by atoms with E-state index in [-0.39, 0.29) is 28.8 Å². The molecule has 114 valence electrons. The third kappa shape index (κ3) is 2.56. The normalized spacial score (nSPS) is 28.5. The van der Waals surface area contributed by atoms with Crippen LogP contribution in [0.4, 0.5) is 5.69 Å². The summed E-state index contributed by atoms with van der Waals surface area (Å²) in [6, 6.07) is 4.39. The highest BCUT2D eigenvalue weighted by Crippen LogP contribution is 2.33. The molecule has 6 nitrogen and oxygen atoms in total. The molecule has 3 atom stereocenters. The Morgan fingerprint density at radius 2 is 2.10 bits per heavy atom. The fourth-order valence-electron chi connectivity index (χ4n) is 2.96. The van der Waals surface area contributed by atoms with Crippen molar-refractivity contribution in [2.45, 2.75) is 49.1 Å². The lowest BCUT2D eigenvalue weighted by atomic mass is 10.0. The number of rotatable bonds is 3. The second-order valence-electron chi connectivity index (χ2n) is 5.78. The van der Waals surface area contributed by atoms with Crippen LogP contribution in [0.1, 0.15) is 37.7 Å². The number of hydrogen-bond acceptors (Lipinski definition) is 4. The van der Waals surface area contributed by atoms with Crippen molar-refractivity contribution in [3.8, 4) is 0 Å². The smallest absolute Gasteiger partial charge is 0.240 e. The van der Waals surface area contributed by atoms with E-state index < -0.39 is 10.0 Å². The Labute approximate surface area is 124 Å². The van der Waals surface area contributed by atoms with Crippen LogP contribution < -0.4 is 15.8 Å². The fourth-order valence-corrected chi connectivity index (χ4v) is 4.32. The number of anilines is 1. The van der Waals surface area contributed by atoms with Gasteiger partial charge in [-0.05, 0) is 43.5 Å². The highest BCUT2D eigenvalue weighted by Gasteiger charge is 2.31. The molecule has 0 saturated heterocycles. The van der Waals surface area contributed by atoms with Crippen molar-refractivity contribution in [3.63, 3.8) is 0 Å². The van der Waals surface area contributed by atoms with Crippen molar-refractivity contribution in [3.05, 3.63) is 23.8 Å². The fraction of sp³-hybridized carbons (Fsp3) is 0.500. The van der Waals surface area contributed by atoms with E-state index >= 15 is 0 Å². The van der Waals surface area contributed by atoms with E-state index in [1.807, 2.05) is 0 Å². The molecule has 2 aliphatic rings. The number of sulfonamides is 1. The summed E-state index contributed by atoms with van der Waals surface area (Å²) in [5.74, 6) is -0.436. The third-order valence-corrected chi connectivity index (χ3v) is 5.81. The summed E-state index contributed by atoms with van der Waals surface area (Å²) in [6.07, 6.45) is 2.54. The Morgan fingerprint density at radius 1 is 1.33 bits per heavy atom. The first-order valence-electron chi connectivity index (χ1n) is 7.11. The van der Waals surface area contributed by atoms with Gasteiger partial charge in [-0.25, -0.2) is 13.1 Å². The predicted molar refractivity (Wildman–Crippen MR) is 79.4 cm³/mol. The van der Waals surface area contributed by atoms with E-state index in [2.05, 4.69) is 10.0 Å². The van der Waals surface area contributed by atoms with Gasteiger partial charge in [0.2, 0.25) is 15.9 Å². The van der Waals surface area contributed by atoms with Crippen molar-refractivity contribution < 1.29 is 13.2 Å². The quantitative estimate of drug-likeness (QED) is 0.772. The first-order valence-corrected chi connectivity index (χ1v) is 8.59. The summed E-state index contributed by atoms with van der Waals surface area (Å²) in [5, 5.41) is 2.73. The maximum Gasteiger partial charge on any atom is 0.240 e. The van der Waals surface area contributed by atoms with Crippen LogP contribution in [0.2, 0.25) is 0 Å². The number of carbonyl (C=O) groups excluding carboxylic acids is 1. The Kier molecular flexibility index (Phi) is 3.51. The first kappa shape index (κ1) is 14.5. The van der Waals surface area contributed by atoms with Crippen LogP contribution in [0.5, 0.6) is 0 Å². The lowest BCUT2D eigenvalue weighted by Gasteiger charge is -2.17. The number of carbonyl (C=O) groups is 1. The molecule has 7 heteroatoms. The van der Waals surface area contributed by atoms with Crippen LogP contribution in [0, 0.1) is 0 Å². The molecule has 1 fully saturated rings. The lowest BCUT2D eigenvalue weighted by Crippen LogP contribution is -2.43. The molecule has 1 aromatic carbocycles. The van der Waals surface area contributed by atoms with Crippen LogP contribution in [-0.2, 0) is 14.8 Å². The second kappa shape index (κ2) is 5.08. The number of nitrogens with one attached hydrogen (secondary N) is 2. The summed E-state index contributed by atoms with van der Waals surface area (Å²) in [7, 11) is -3.61. The maximum atomic E-state index is 12.4. The Bertz CT molecular complexity index is 687. The minimum Gasteiger partial charge on any atom is -0.326 e. The molecule has 1 amide bonds. The van der Waals surface area contributed by atoms with Crippen molar-refractivity contribution >= 4 is 21.6 Å². The third-order valence-electron chi connectivity index (χ3n) is 4.33. The van der Waals surface area contributed by atoms with Gasteiger partial charge in [-0.1, -0.05) is 6.42 Å². The van der Waals surface area contributed by atoms with Gasteiger partial charge in [0.15, 0.2) is 0 Å². The number of amides is 1. The molecule has 3 rings (SSSR count). The zero-order valence-corrected chi connectivity index (χ0v) is 12.6. The monoisotopic (exact) mass is 309 g/mol. The Morgan fingerprint density at radius 3 is 2.76 bits per heavy atom. The molecule has 1 aliphatic carbocycles. The molecule has 0 radical (unpaired) electrons. The van der Waals surface area contributed by atoms with Gasteiger partial charge in [0, 0.05) is 17.8 Å². The van der Waals surface area contributed by atoms with Gasteiger partial charge >= 0.3 is 0 Å². The molecule has 3 unspecified atom stereocenters. The van der Waals surface area contributed by atoms with Gasteiger partial charge < -0.3 is 11.1 Å². The van der Waals surface area contributed by atoms with Crippen LogP contribution in [0.3, 0.4) is 0 Å². The van der Waals surface area contributed by atoms with Crippen LogP contribution in [0.25, 0.3) is 0 Å². The zero-order valence-electron chi connectivity index (χ0n) is 11.8. The Balaban J connectivity index is 1.88. The maximum absolute atomic E-state index is 12.4. The van der Waals surface area contributed by atoms with Gasteiger partial charge in [0.05, 0.1) is 10.8 Å². The van der Waals surface area contributed by atoms with E-state index in [1.165, 1.54) is 6.07 Å². The largest absolute Gasteiger partial charge is 0.326 e. The lowest BCUT2D eigenvalue weighted by molar-refractivity contribution is -0.116. The number of fused-ring (bicyclic) bond motifs is 1. The molecular formula is C14H19N3O3S. The molecule has 0 aromatic heterocycles. The van der Waals surface area contributed by atoms with Crippen molar-refractivity contribution in [1.29, 1.82) is 0 Å². The Hall–Kier alpha value is -1.44. The minimum atomic E-state index is -3.61. The standard InChI is InChI=1S/C14H19N3O3S/c1-8-10-7-9(5-6-12(10)16-14(8)18)21(19,20)17-13-4-2-3-11(13)15/h5-8,11,13,17H,2-4,15H2,1H3,(H,16,18). The zero-order chi connectivity index (χ0) is 15.2. The number of benzene rings is 1. The highest BCUT2D eigenvalue weighted by molar-refractivity contribution is 7.89. The predicted octanol–water partition coefficient (Wildman–Crippen LogP) is 0.900. The molecule has 0 spiro atoms. The van der Waals surface area contributed by atoms with Gasteiger partial charge in [-0.3, -0.25) is 4.79 Å². The minimum absolute atomic E-state index is 0.106. The van der Waals surface area contributed by atoms with Crippen molar-refractivity contribution in [2.24, 2.45) is 5.73 Å². The summed E-state index contributed by atoms with van der Waals surface area (Å²) >= 11 is 0. The molecule has 1 heterocycles. The molecule has 1 saturated carbocycles. The number of nitrogens with two attached hydrogens (primary N) is 1. The number of hydrogen-bond donors (Lipinski definition) is 3. The SMILES string of the molecule is CC1C(=O)Nc2ccc(S(=O)(=O)NC3CCCC3N)cc21. The molecule has 1 aromatic rings. The average Bonchev–Trinajstić information content (AvgIpc) is 2.94. The topological polar surface area (TPSA) is 101 Å². The summed E-state index contributed by atoms with van der Waals surface area (Å²) in [4.78, 5) is 11.8. The summed E-state index contributed by atoms with van der Waals surface area (Å²) < 4.78 is 27.6. The van der Waals surface area contributed by atoms with Gasteiger partial charge in [-0.2, -0.15) is 0 Å². The summed E-state index contributed by atoms with van der Waals surface area (Å²) in [6.45, 7) is 1.76. The molecular weight excluding hydrogens is 290 g/mol. The van der Waals surface area contributed by atoms with Gasteiger partial charge in [-0.15, -0.1) is 0 Å². The first-order chi connectivity index (χ1) is 9.88. The highest BCUT2D eigenvalue weighted by atomic mass is 32.2. The molecule has 1 aliphatic heterocycles. The molecule has 0 bridgehead atoms. The van der Waals surface area contributed by atoms with Crippen LogP contribution in [0.15, 0.2) is 23.1 Å². The van der Waals surface area contributed by atoms with Crippen molar-refractivity contribution in [1.82, 2.24) is 4.72 Å². The average molecular weight is 309 g/mol. The van der Waals surface area contributed by atoms with Crippen LogP contribution in [-0.4, -0.2) is 26.4 Å². The molecule has 21 heavy (non-hydrogen) atoms. The van der Waals surface area contributed by atoms with E-state index in [0.717, 1.165) is 24.8 Å². The van der Waals surface area contributed by atoms with Gasteiger partial charge in [0.25, 0.3) is 0 Å². The van der Waals surface area contributed by atoms with E-state index in [9.17, 15) is 13.2 Å². The van der Waals surface area contributed by atoms with E-state index in [4.69, 9.17) is 5.73 Å². The summed E-state index contributed by atoms with van der Waals surface area (Å²) in [5.41, 5.74) is 7.32.